The van der Waals surface area contributed by atoms with E-state index >= 15 is 0 Å². The lowest BCUT2D eigenvalue weighted by Gasteiger charge is -2.09. The molecule has 2 aromatic rings. The van der Waals surface area contributed by atoms with E-state index in [1.54, 1.807) is 48.5 Å². The van der Waals surface area contributed by atoms with Gasteiger partial charge in [-0.05, 0) is 35.9 Å². The van der Waals surface area contributed by atoms with Crippen molar-refractivity contribution in [3.8, 4) is 5.75 Å². The van der Waals surface area contributed by atoms with Crippen molar-refractivity contribution in [2.75, 3.05) is 13.2 Å². The van der Waals surface area contributed by atoms with Gasteiger partial charge >= 0.3 is 5.97 Å². The van der Waals surface area contributed by atoms with Gasteiger partial charge in [0, 0.05) is 10.0 Å². The molecule has 0 aliphatic heterocycles. The summed E-state index contributed by atoms with van der Waals surface area (Å²) in [6, 6.07) is 13.3. The molecule has 142 valence electrons. The van der Waals surface area contributed by atoms with Crippen molar-refractivity contribution in [1.29, 1.82) is 0 Å². The first-order valence-corrected chi connectivity index (χ1v) is 8.54. The number of hydrazine groups is 1. The molecule has 27 heavy (non-hydrogen) atoms. The van der Waals surface area contributed by atoms with Crippen molar-refractivity contribution in [3.05, 3.63) is 64.1 Å². The number of esters is 1. The number of hydrogen-bond acceptors (Lipinski definition) is 5. The molecule has 0 fully saturated rings. The number of halogens is 2. The van der Waals surface area contributed by atoms with E-state index in [0.717, 1.165) is 0 Å². The monoisotopic (exact) mass is 410 g/mol. The lowest BCUT2D eigenvalue weighted by atomic mass is 10.1. The molecule has 2 aromatic carbocycles. The topological polar surface area (TPSA) is 93.7 Å². The molecule has 0 aromatic heterocycles. The van der Waals surface area contributed by atoms with Crippen molar-refractivity contribution >= 4 is 41.0 Å². The summed E-state index contributed by atoms with van der Waals surface area (Å²) in [5, 5.41) is 0.981. The Morgan fingerprint density at radius 1 is 0.852 bits per heavy atom. The van der Waals surface area contributed by atoms with E-state index in [1.165, 1.54) is 0 Å². The maximum atomic E-state index is 11.7. The van der Waals surface area contributed by atoms with E-state index in [0.29, 0.717) is 21.4 Å². The summed E-state index contributed by atoms with van der Waals surface area (Å²) in [6.07, 6.45) is -0.0613. The fourth-order valence-corrected chi connectivity index (χ4v) is 2.21. The van der Waals surface area contributed by atoms with Crippen molar-refractivity contribution in [3.63, 3.8) is 0 Å². The van der Waals surface area contributed by atoms with Crippen LogP contribution in [0.4, 0.5) is 0 Å². The van der Waals surface area contributed by atoms with Crippen LogP contribution in [-0.4, -0.2) is 31.0 Å². The van der Waals surface area contributed by atoms with Crippen molar-refractivity contribution < 1.29 is 23.9 Å². The van der Waals surface area contributed by atoms with E-state index in [4.69, 9.17) is 32.7 Å². The predicted molar refractivity (Wildman–Crippen MR) is 99.3 cm³/mol. The van der Waals surface area contributed by atoms with Crippen LogP contribution in [-0.2, 0) is 25.5 Å². The molecular weight excluding hydrogens is 395 g/mol. The molecule has 2 amide bonds. The zero-order valence-electron chi connectivity index (χ0n) is 14.0. The zero-order valence-corrected chi connectivity index (χ0v) is 15.5. The fraction of sp³-hybridized carbons (Fsp3) is 0.167. The molecular formula is C18H16Cl2N2O5. The molecule has 0 aliphatic carbocycles. The molecule has 0 aliphatic rings. The normalized spacial score (nSPS) is 10.0. The maximum Gasteiger partial charge on any atom is 0.310 e. The van der Waals surface area contributed by atoms with Crippen LogP contribution in [0, 0.1) is 0 Å². The van der Waals surface area contributed by atoms with Gasteiger partial charge in [-0.1, -0.05) is 41.4 Å². The minimum atomic E-state index is -0.692. The SMILES string of the molecule is O=C(COC(=O)Cc1ccccc1Cl)NNC(=O)COc1ccc(Cl)cc1. The van der Waals surface area contributed by atoms with Crippen LogP contribution in [0.2, 0.25) is 10.0 Å². The largest absolute Gasteiger partial charge is 0.484 e. The van der Waals surface area contributed by atoms with Gasteiger partial charge in [-0.3, -0.25) is 25.2 Å². The maximum absolute atomic E-state index is 11.7. The summed E-state index contributed by atoms with van der Waals surface area (Å²) in [5.74, 6) is -1.44. The van der Waals surface area contributed by atoms with E-state index in [-0.39, 0.29) is 13.0 Å². The number of ether oxygens (including phenoxy) is 2. The molecule has 0 saturated heterocycles. The Balaban J connectivity index is 1.63. The van der Waals surface area contributed by atoms with Gasteiger partial charge in [0.05, 0.1) is 6.42 Å². The molecule has 0 spiro atoms. The van der Waals surface area contributed by atoms with Crippen LogP contribution in [0.1, 0.15) is 5.56 Å². The van der Waals surface area contributed by atoms with Crippen molar-refractivity contribution in [2.45, 2.75) is 6.42 Å². The lowest BCUT2D eigenvalue weighted by Crippen LogP contribution is -2.45. The number of hydrogen-bond donors (Lipinski definition) is 2. The molecule has 0 atom stereocenters. The standard InChI is InChI=1S/C18H16Cl2N2O5/c19-13-5-7-14(8-6-13)26-10-16(23)21-22-17(24)11-27-18(25)9-12-3-1-2-4-15(12)20/h1-8H,9-11H2,(H,21,23)(H,22,24). The fourth-order valence-electron chi connectivity index (χ4n) is 1.89. The van der Waals surface area contributed by atoms with Gasteiger partial charge in [-0.15, -0.1) is 0 Å². The minimum absolute atomic E-state index is 0.0613. The van der Waals surface area contributed by atoms with Gasteiger partial charge in [-0.25, -0.2) is 0 Å². The van der Waals surface area contributed by atoms with E-state index in [2.05, 4.69) is 10.9 Å². The Morgan fingerprint density at radius 3 is 2.15 bits per heavy atom. The van der Waals surface area contributed by atoms with Crippen molar-refractivity contribution in [2.24, 2.45) is 0 Å². The van der Waals surface area contributed by atoms with Gasteiger partial charge in [0.2, 0.25) is 0 Å². The van der Waals surface area contributed by atoms with Crippen LogP contribution in [0.5, 0.6) is 5.75 Å². The number of carbonyl (C=O) groups excluding carboxylic acids is 3. The van der Waals surface area contributed by atoms with E-state index < -0.39 is 24.4 Å². The number of carbonyl (C=O) groups is 3. The van der Waals surface area contributed by atoms with Gasteiger partial charge in [0.15, 0.2) is 13.2 Å². The van der Waals surface area contributed by atoms with Gasteiger partial charge in [0.1, 0.15) is 5.75 Å². The van der Waals surface area contributed by atoms with E-state index in [9.17, 15) is 14.4 Å². The second kappa shape index (κ2) is 10.4. The first kappa shape index (κ1) is 20.5. The predicted octanol–water partition coefficient (Wildman–Crippen LogP) is 2.31. The average Bonchev–Trinajstić information content (AvgIpc) is 2.66. The molecule has 0 bridgehead atoms. The third kappa shape index (κ3) is 7.55. The van der Waals surface area contributed by atoms with Crippen molar-refractivity contribution in [1.82, 2.24) is 10.9 Å². The molecule has 7 nitrogen and oxygen atoms in total. The summed E-state index contributed by atoms with van der Waals surface area (Å²) < 4.78 is 10.0. The number of amides is 2. The van der Waals surface area contributed by atoms with Crippen LogP contribution < -0.4 is 15.6 Å². The molecule has 2 N–H and O–H groups in total. The molecule has 0 radical (unpaired) electrons. The summed E-state index contributed by atoms with van der Waals surface area (Å²) in [7, 11) is 0. The Labute approximate surface area is 165 Å². The average molecular weight is 411 g/mol. The quantitative estimate of drug-likeness (QED) is 0.539. The minimum Gasteiger partial charge on any atom is -0.484 e. The number of rotatable bonds is 7. The van der Waals surface area contributed by atoms with Crippen LogP contribution in [0.25, 0.3) is 0 Å². The highest BCUT2D eigenvalue weighted by atomic mass is 35.5. The van der Waals surface area contributed by atoms with Crippen LogP contribution in [0.15, 0.2) is 48.5 Å². The first-order valence-electron chi connectivity index (χ1n) is 7.79. The van der Waals surface area contributed by atoms with Crippen LogP contribution in [0.3, 0.4) is 0 Å². The highest BCUT2D eigenvalue weighted by Crippen LogP contribution is 2.16. The third-order valence-corrected chi connectivity index (χ3v) is 3.80. The highest BCUT2D eigenvalue weighted by molar-refractivity contribution is 6.31. The first-order chi connectivity index (χ1) is 12.9. The smallest absolute Gasteiger partial charge is 0.310 e. The lowest BCUT2D eigenvalue weighted by molar-refractivity contribution is -0.148. The summed E-state index contributed by atoms with van der Waals surface area (Å²) in [5.41, 5.74) is 4.85. The van der Waals surface area contributed by atoms with Gasteiger partial charge < -0.3 is 9.47 Å². The number of benzene rings is 2. The summed E-state index contributed by atoms with van der Waals surface area (Å²) >= 11 is 11.7. The molecule has 0 saturated carbocycles. The Hall–Kier alpha value is -2.77. The second-order valence-electron chi connectivity index (χ2n) is 5.27. The number of nitrogens with one attached hydrogen (secondary N) is 2. The van der Waals surface area contributed by atoms with E-state index in [1.807, 2.05) is 0 Å². The molecule has 0 heterocycles. The Bertz CT molecular complexity index is 812. The van der Waals surface area contributed by atoms with Gasteiger partial charge in [-0.2, -0.15) is 0 Å². The second-order valence-corrected chi connectivity index (χ2v) is 6.11. The van der Waals surface area contributed by atoms with Gasteiger partial charge in [0.25, 0.3) is 11.8 Å². The van der Waals surface area contributed by atoms with Crippen LogP contribution >= 0.6 is 23.2 Å². The highest BCUT2D eigenvalue weighted by Gasteiger charge is 2.11. The zero-order chi connectivity index (χ0) is 19.6. The third-order valence-electron chi connectivity index (χ3n) is 3.18. The molecule has 2 rings (SSSR count). The molecule has 9 heteroatoms. The summed E-state index contributed by atoms with van der Waals surface area (Å²) in [4.78, 5) is 34.9. The summed E-state index contributed by atoms with van der Waals surface area (Å²) in [6.45, 7) is -0.851. The molecule has 0 unspecified atom stereocenters. The Kier molecular flexibility index (Phi) is 7.91. The Morgan fingerprint density at radius 2 is 1.48 bits per heavy atom.